The van der Waals surface area contributed by atoms with E-state index in [1.807, 2.05) is 0 Å². The number of hydrogen-bond acceptors (Lipinski definition) is 12. The second-order valence-corrected chi connectivity index (χ2v) is 8.45. The number of aromatic nitrogens is 1. The van der Waals surface area contributed by atoms with Crippen molar-refractivity contribution in [2.75, 3.05) is 6.54 Å². The average Bonchev–Trinajstić information content (AvgIpc) is 2.78. The minimum Gasteiger partial charge on any atom is -0.456 e. The van der Waals surface area contributed by atoms with E-state index < -0.39 is 60.5 Å². The lowest BCUT2D eigenvalue weighted by Crippen LogP contribution is -2.64. The lowest BCUT2D eigenvalue weighted by Gasteiger charge is -2.43. The Morgan fingerprint density at radius 3 is 2.08 bits per heavy atom. The van der Waals surface area contributed by atoms with Crippen LogP contribution in [0.4, 0.5) is 0 Å². The van der Waals surface area contributed by atoms with Crippen molar-refractivity contribution in [3.63, 3.8) is 0 Å². The maximum absolute atomic E-state index is 12.7. The van der Waals surface area contributed by atoms with Gasteiger partial charge < -0.3 is 29.0 Å². The number of carbonyl (C=O) groups is 5. The van der Waals surface area contributed by atoms with Gasteiger partial charge in [0.05, 0.1) is 5.69 Å². The summed E-state index contributed by atoms with van der Waals surface area (Å²) < 4.78 is 27.0. The van der Waals surface area contributed by atoms with Gasteiger partial charge >= 0.3 is 23.9 Å². The number of nitrogens with one attached hydrogen (secondary N) is 1. The molecule has 0 unspecified atom stereocenters. The Balaban J connectivity index is 2.36. The van der Waals surface area contributed by atoms with Crippen molar-refractivity contribution in [3.8, 4) is 6.07 Å². The van der Waals surface area contributed by atoms with Crippen LogP contribution >= 0.6 is 15.9 Å². The summed E-state index contributed by atoms with van der Waals surface area (Å²) in [5.74, 6) is -4.06. The highest BCUT2D eigenvalue weighted by molar-refractivity contribution is 9.10. The lowest BCUT2D eigenvalue weighted by atomic mass is 9.97. The monoisotopic (exact) mass is 581 g/mol. The first-order valence-corrected chi connectivity index (χ1v) is 11.6. The second kappa shape index (κ2) is 13.5. The normalized spacial score (nSPS) is 23.1. The van der Waals surface area contributed by atoms with Crippen LogP contribution < -0.4 is 5.32 Å². The van der Waals surface area contributed by atoms with Crippen molar-refractivity contribution in [1.82, 2.24) is 10.3 Å². The number of ether oxygens (including phenoxy) is 5. The third-order valence-corrected chi connectivity index (χ3v) is 5.08. The van der Waals surface area contributed by atoms with Crippen molar-refractivity contribution < 1.29 is 47.7 Å². The van der Waals surface area contributed by atoms with Crippen LogP contribution in [0.15, 0.2) is 28.4 Å². The maximum Gasteiger partial charge on any atom is 0.305 e. The molecule has 1 aromatic heterocycles. The average molecular weight is 582 g/mol. The Hall–Kier alpha value is -3.83. The van der Waals surface area contributed by atoms with Crippen LogP contribution in [0.1, 0.15) is 33.4 Å². The minimum atomic E-state index is -1.57. The molecule has 1 aliphatic rings. The van der Waals surface area contributed by atoms with Gasteiger partial charge in [-0.1, -0.05) is 6.07 Å². The Morgan fingerprint density at radius 2 is 1.54 bits per heavy atom. The Morgan fingerprint density at radius 1 is 0.973 bits per heavy atom. The quantitative estimate of drug-likeness (QED) is 0.151. The lowest BCUT2D eigenvalue weighted by molar-refractivity contribution is -0.294. The molecule has 2 heterocycles. The second-order valence-electron chi connectivity index (χ2n) is 7.64. The predicted molar refractivity (Wildman–Crippen MR) is 126 cm³/mol. The zero-order valence-electron chi connectivity index (χ0n) is 20.3. The maximum atomic E-state index is 12.7. The van der Waals surface area contributed by atoms with Crippen molar-refractivity contribution in [2.45, 2.75) is 58.4 Å². The van der Waals surface area contributed by atoms with Crippen molar-refractivity contribution >= 4 is 51.8 Å². The number of rotatable bonds is 8. The summed E-state index contributed by atoms with van der Waals surface area (Å²) in [7, 11) is 0. The SMILES string of the molecule is CC(=O)O[C@H]1O[C@H](CNC(=O)/C(C#N)=C/c2cccc(Br)n2)[C@H](OC(C)=O)[C@@H](OC(C)=O)[C@H]1OC(C)=O. The van der Waals surface area contributed by atoms with Gasteiger partial charge in [0.2, 0.25) is 12.4 Å². The van der Waals surface area contributed by atoms with E-state index in [1.54, 1.807) is 24.3 Å². The van der Waals surface area contributed by atoms with Gasteiger partial charge in [0.15, 0.2) is 12.2 Å². The number of halogens is 1. The first kappa shape index (κ1) is 29.4. The fourth-order valence-electron chi connectivity index (χ4n) is 3.37. The smallest absolute Gasteiger partial charge is 0.305 e. The molecule has 1 saturated heterocycles. The van der Waals surface area contributed by atoms with Gasteiger partial charge in [-0.2, -0.15) is 5.26 Å². The number of amides is 1. The molecule has 1 fully saturated rings. The van der Waals surface area contributed by atoms with E-state index in [4.69, 9.17) is 23.7 Å². The number of nitriles is 1. The van der Waals surface area contributed by atoms with E-state index in [-0.39, 0.29) is 12.1 Å². The van der Waals surface area contributed by atoms with E-state index in [1.165, 1.54) is 6.08 Å². The van der Waals surface area contributed by atoms with E-state index in [0.717, 1.165) is 27.7 Å². The van der Waals surface area contributed by atoms with Crippen molar-refractivity contribution in [2.24, 2.45) is 0 Å². The summed E-state index contributed by atoms with van der Waals surface area (Å²) >= 11 is 3.20. The molecule has 1 amide bonds. The van der Waals surface area contributed by atoms with Gasteiger partial charge in [0.1, 0.15) is 22.3 Å². The van der Waals surface area contributed by atoms with Crippen LogP contribution in [0.25, 0.3) is 6.08 Å². The third-order valence-electron chi connectivity index (χ3n) is 4.64. The highest BCUT2D eigenvalue weighted by atomic mass is 79.9. The molecule has 13 nitrogen and oxygen atoms in total. The Labute approximate surface area is 220 Å². The molecule has 0 radical (unpaired) electrons. The Bertz CT molecular complexity index is 1130. The highest BCUT2D eigenvalue weighted by Gasteiger charge is 2.53. The topological polar surface area (TPSA) is 180 Å². The summed E-state index contributed by atoms with van der Waals surface area (Å²) in [6.45, 7) is 3.91. The van der Waals surface area contributed by atoms with Crippen molar-refractivity contribution in [1.29, 1.82) is 5.26 Å². The van der Waals surface area contributed by atoms with Crippen LogP contribution in [0, 0.1) is 11.3 Å². The zero-order valence-corrected chi connectivity index (χ0v) is 21.8. The predicted octanol–water partition coefficient (Wildman–Crippen LogP) is 0.950. The van der Waals surface area contributed by atoms with E-state index in [9.17, 15) is 29.2 Å². The summed E-state index contributed by atoms with van der Waals surface area (Å²) in [5, 5.41) is 11.9. The van der Waals surface area contributed by atoms with Gasteiger partial charge in [-0.15, -0.1) is 0 Å². The molecule has 2 rings (SSSR count). The largest absolute Gasteiger partial charge is 0.456 e. The van der Waals surface area contributed by atoms with Crippen molar-refractivity contribution in [3.05, 3.63) is 34.1 Å². The molecular weight excluding hydrogens is 558 g/mol. The molecule has 0 bridgehead atoms. The third kappa shape index (κ3) is 8.96. The zero-order chi connectivity index (χ0) is 27.7. The highest BCUT2D eigenvalue weighted by Crippen LogP contribution is 2.29. The fourth-order valence-corrected chi connectivity index (χ4v) is 3.72. The van der Waals surface area contributed by atoms with Gasteiger partial charge in [-0.25, -0.2) is 4.98 Å². The molecule has 0 spiro atoms. The van der Waals surface area contributed by atoms with Crippen LogP contribution in [-0.2, 0) is 47.7 Å². The minimum absolute atomic E-state index is 0.295. The molecule has 1 N–H and O–H groups in total. The summed E-state index contributed by atoms with van der Waals surface area (Å²) in [5.41, 5.74) is 0.0400. The summed E-state index contributed by atoms with van der Waals surface area (Å²) in [6.07, 6.45) is -5.90. The molecule has 37 heavy (non-hydrogen) atoms. The summed E-state index contributed by atoms with van der Waals surface area (Å²) in [6, 6.07) is 6.69. The molecule has 5 atom stereocenters. The molecule has 14 heteroatoms. The molecule has 1 aromatic rings. The molecule has 0 saturated carbocycles. The van der Waals surface area contributed by atoms with E-state index >= 15 is 0 Å². The standard InChI is InChI=1S/C23H24BrN3O10/c1-11(28)33-19-17(10-26-22(32)15(9-25)8-16-6-5-7-18(24)27-16)37-23(36-14(4)31)21(35-13(3)30)20(19)34-12(2)29/h5-8,17,19-21,23H,10H2,1-4H3,(H,26,32)/b15-8+/t17-,19+,20-,21-,23+/m1/s1. The Kier molecular flexibility index (Phi) is 10.7. The number of carbonyl (C=O) groups excluding carboxylic acids is 5. The molecule has 0 aromatic carbocycles. The van der Waals surface area contributed by atoms with Crippen LogP contribution in [-0.4, -0.2) is 72.0 Å². The van der Waals surface area contributed by atoms with Crippen LogP contribution in [0.2, 0.25) is 0 Å². The number of hydrogen-bond donors (Lipinski definition) is 1. The van der Waals surface area contributed by atoms with E-state index in [0.29, 0.717) is 10.3 Å². The fraction of sp³-hybridized carbons (Fsp3) is 0.435. The number of esters is 4. The molecule has 198 valence electrons. The van der Waals surface area contributed by atoms with Crippen LogP contribution in [0.5, 0.6) is 0 Å². The number of nitrogens with zero attached hydrogens (tertiary/aromatic N) is 2. The first-order valence-electron chi connectivity index (χ1n) is 10.8. The summed E-state index contributed by atoms with van der Waals surface area (Å²) in [4.78, 5) is 63.9. The van der Waals surface area contributed by atoms with E-state index in [2.05, 4.69) is 26.2 Å². The van der Waals surface area contributed by atoms with Gasteiger partial charge in [0, 0.05) is 34.2 Å². The number of pyridine rings is 1. The van der Waals surface area contributed by atoms with Gasteiger partial charge in [0.25, 0.3) is 5.91 Å². The van der Waals surface area contributed by atoms with Crippen LogP contribution in [0.3, 0.4) is 0 Å². The molecular formula is C23H24BrN3O10. The first-order chi connectivity index (χ1) is 17.4. The molecule has 1 aliphatic heterocycles. The van der Waals surface area contributed by atoms with Gasteiger partial charge in [-0.05, 0) is 34.1 Å². The molecule has 0 aliphatic carbocycles. The van der Waals surface area contributed by atoms with Gasteiger partial charge in [-0.3, -0.25) is 24.0 Å².